The Bertz CT molecular complexity index is 1460. The highest BCUT2D eigenvalue weighted by molar-refractivity contribution is 5.71. The summed E-state index contributed by atoms with van der Waals surface area (Å²) >= 11 is 0. The summed E-state index contributed by atoms with van der Waals surface area (Å²) in [7, 11) is 0. The SMILES string of the molecule is CCCCCCC/C=C\C/C=C\C/C=C\CCCCCCCCCCC(=O)OC(COC(=O)CCCCCCCCCCCCCCCC)COC(=O)CCCCCCCCCCCCCCCCC/C=C\C/C=C\CCCCCCC. The van der Waals surface area contributed by atoms with Crippen LogP contribution in [-0.2, 0) is 28.6 Å². The van der Waals surface area contributed by atoms with E-state index in [-0.39, 0.29) is 31.1 Å². The number of unbranched alkanes of at least 4 members (excludes halogenated alkanes) is 46. The lowest BCUT2D eigenvalue weighted by molar-refractivity contribution is -0.167. The molecule has 0 fully saturated rings. The van der Waals surface area contributed by atoms with E-state index in [9.17, 15) is 14.4 Å². The zero-order chi connectivity index (χ0) is 59.2. The maximum absolute atomic E-state index is 13.0. The molecule has 0 radical (unpaired) electrons. The molecule has 0 N–H and O–H groups in total. The Morgan fingerprint density at radius 3 is 0.683 bits per heavy atom. The normalized spacial score (nSPS) is 12.4. The fourth-order valence-electron chi connectivity index (χ4n) is 10.8. The van der Waals surface area contributed by atoms with E-state index < -0.39 is 6.10 Å². The molecule has 0 rings (SSSR count). The first-order valence-corrected chi connectivity index (χ1v) is 36.3. The Labute approximate surface area is 510 Å². The highest BCUT2D eigenvalue weighted by Crippen LogP contribution is 2.18. The number of rotatable bonds is 67. The van der Waals surface area contributed by atoms with Crippen molar-refractivity contribution in [3.63, 3.8) is 0 Å². The molecular formula is C76H138O6. The molecule has 6 heteroatoms. The molecule has 0 aromatic heterocycles. The van der Waals surface area contributed by atoms with Gasteiger partial charge >= 0.3 is 17.9 Å². The summed E-state index contributed by atoms with van der Waals surface area (Å²) in [6.07, 6.45) is 91.0. The van der Waals surface area contributed by atoms with Gasteiger partial charge in [-0.05, 0) is 89.9 Å². The minimum Gasteiger partial charge on any atom is -0.462 e. The molecule has 0 saturated carbocycles. The molecule has 0 aliphatic carbocycles. The van der Waals surface area contributed by atoms with Crippen molar-refractivity contribution < 1.29 is 28.6 Å². The van der Waals surface area contributed by atoms with Crippen LogP contribution in [0.3, 0.4) is 0 Å². The van der Waals surface area contributed by atoms with Crippen LogP contribution < -0.4 is 0 Å². The molecule has 0 aliphatic heterocycles. The van der Waals surface area contributed by atoms with Gasteiger partial charge < -0.3 is 14.2 Å². The molecule has 0 aromatic rings. The average Bonchev–Trinajstić information content (AvgIpc) is 3.47. The van der Waals surface area contributed by atoms with Gasteiger partial charge in [-0.3, -0.25) is 14.4 Å². The van der Waals surface area contributed by atoms with Crippen molar-refractivity contribution in [2.75, 3.05) is 13.2 Å². The molecule has 1 atom stereocenters. The minimum atomic E-state index is -0.778. The van der Waals surface area contributed by atoms with Crippen molar-refractivity contribution in [3.05, 3.63) is 60.8 Å². The van der Waals surface area contributed by atoms with E-state index in [2.05, 4.69) is 81.5 Å². The number of esters is 3. The third kappa shape index (κ3) is 67.9. The second-order valence-electron chi connectivity index (χ2n) is 24.5. The van der Waals surface area contributed by atoms with E-state index >= 15 is 0 Å². The summed E-state index contributed by atoms with van der Waals surface area (Å²) in [6.45, 7) is 6.68. The van der Waals surface area contributed by atoms with Gasteiger partial charge in [0.05, 0.1) is 0 Å². The first-order valence-electron chi connectivity index (χ1n) is 36.3. The predicted molar refractivity (Wildman–Crippen MR) is 358 cm³/mol. The smallest absolute Gasteiger partial charge is 0.306 e. The standard InChI is InChI=1S/C76H138O6/c1-4-7-10-13-16-19-22-25-28-30-32-34-36-37-38-39-41-42-44-46-48-51-54-57-60-63-66-69-75(78)81-72-73(71-80-74(77)68-65-62-59-56-53-50-27-24-21-18-15-12-9-6-3)82-76(79)70-67-64-61-58-55-52-49-47-45-43-40-35-33-31-29-26-23-20-17-14-11-8-5-2/h22-23,25-26,30-33,40,43,73H,4-21,24,27-29,34-39,41-42,44-72H2,1-3H3/b25-22-,26-23-,32-30-,33-31-,43-40-. The molecule has 0 aromatic carbocycles. The van der Waals surface area contributed by atoms with Gasteiger partial charge in [-0.2, -0.15) is 0 Å². The summed E-state index contributed by atoms with van der Waals surface area (Å²) in [5, 5.41) is 0. The fraction of sp³-hybridized carbons (Fsp3) is 0.829. The van der Waals surface area contributed by atoms with E-state index in [4.69, 9.17) is 14.2 Å². The van der Waals surface area contributed by atoms with E-state index in [1.165, 1.54) is 263 Å². The number of carbonyl (C=O) groups is 3. The molecule has 478 valence electrons. The maximum Gasteiger partial charge on any atom is 0.306 e. The van der Waals surface area contributed by atoms with Crippen LogP contribution in [0.25, 0.3) is 0 Å². The number of ether oxygens (including phenoxy) is 3. The second-order valence-corrected chi connectivity index (χ2v) is 24.5. The molecule has 0 heterocycles. The van der Waals surface area contributed by atoms with Gasteiger partial charge in [0.1, 0.15) is 13.2 Å². The summed E-state index contributed by atoms with van der Waals surface area (Å²) in [6, 6.07) is 0. The average molecular weight is 1150 g/mol. The third-order valence-corrected chi connectivity index (χ3v) is 16.2. The maximum atomic E-state index is 13.0. The van der Waals surface area contributed by atoms with E-state index in [0.29, 0.717) is 19.3 Å². The zero-order valence-corrected chi connectivity index (χ0v) is 55.0. The van der Waals surface area contributed by atoms with Gasteiger partial charge in [0.25, 0.3) is 0 Å². The number of hydrogen-bond acceptors (Lipinski definition) is 6. The van der Waals surface area contributed by atoms with E-state index in [1.807, 2.05) is 0 Å². The van der Waals surface area contributed by atoms with Crippen LogP contribution >= 0.6 is 0 Å². The quantitative estimate of drug-likeness (QED) is 0.0261. The monoisotopic (exact) mass is 1150 g/mol. The third-order valence-electron chi connectivity index (χ3n) is 16.2. The lowest BCUT2D eigenvalue weighted by Crippen LogP contribution is -2.30. The highest BCUT2D eigenvalue weighted by Gasteiger charge is 2.19. The number of allylic oxidation sites excluding steroid dienone is 10. The van der Waals surface area contributed by atoms with Gasteiger partial charge in [-0.1, -0.05) is 338 Å². The van der Waals surface area contributed by atoms with Gasteiger partial charge in [-0.25, -0.2) is 0 Å². The molecule has 0 aliphatic rings. The molecule has 0 saturated heterocycles. The summed E-state index contributed by atoms with van der Waals surface area (Å²) < 4.78 is 17.0. The molecule has 0 amide bonds. The number of hydrogen-bond donors (Lipinski definition) is 0. The fourth-order valence-corrected chi connectivity index (χ4v) is 10.8. The molecule has 82 heavy (non-hydrogen) atoms. The summed E-state index contributed by atoms with van der Waals surface area (Å²) in [5.74, 6) is -0.854. The Kier molecular flexibility index (Phi) is 68.1. The van der Waals surface area contributed by atoms with Crippen molar-refractivity contribution in [3.8, 4) is 0 Å². The first kappa shape index (κ1) is 79.1. The van der Waals surface area contributed by atoms with Crippen molar-refractivity contribution >= 4 is 17.9 Å². The zero-order valence-electron chi connectivity index (χ0n) is 55.0. The molecule has 6 nitrogen and oxygen atoms in total. The molecule has 1 unspecified atom stereocenters. The highest BCUT2D eigenvalue weighted by atomic mass is 16.6. The van der Waals surface area contributed by atoms with Gasteiger partial charge in [-0.15, -0.1) is 0 Å². The Balaban J connectivity index is 4.27. The topological polar surface area (TPSA) is 78.9 Å². The lowest BCUT2D eigenvalue weighted by Gasteiger charge is -2.18. The van der Waals surface area contributed by atoms with Crippen LogP contribution in [0.4, 0.5) is 0 Å². The summed E-state index contributed by atoms with van der Waals surface area (Å²) in [4.78, 5) is 38.5. The molecular weight excluding hydrogens is 1010 g/mol. The van der Waals surface area contributed by atoms with E-state index in [0.717, 1.165) is 83.5 Å². The second kappa shape index (κ2) is 70.6. The summed E-state index contributed by atoms with van der Waals surface area (Å²) in [5.41, 5.74) is 0. The largest absolute Gasteiger partial charge is 0.462 e. The van der Waals surface area contributed by atoms with E-state index in [1.54, 1.807) is 0 Å². The Hall–Kier alpha value is -2.89. The predicted octanol–water partition coefficient (Wildman–Crippen LogP) is 25.1. The van der Waals surface area contributed by atoms with Gasteiger partial charge in [0, 0.05) is 19.3 Å². The Morgan fingerprint density at radius 2 is 0.439 bits per heavy atom. The molecule has 0 spiro atoms. The van der Waals surface area contributed by atoms with Gasteiger partial charge in [0.2, 0.25) is 0 Å². The van der Waals surface area contributed by atoms with Crippen LogP contribution in [0, 0.1) is 0 Å². The molecule has 0 bridgehead atoms. The Morgan fingerprint density at radius 1 is 0.244 bits per heavy atom. The van der Waals surface area contributed by atoms with Crippen LogP contribution in [0.15, 0.2) is 60.8 Å². The minimum absolute atomic E-state index is 0.0726. The van der Waals surface area contributed by atoms with Crippen LogP contribution in [0.2, 0.25) is 0 Å². The van der Waals surface area contributed by atoms with Crippen molar-refractivity contribution in [2.24, 2.45) is 0 Å². The van der Waals surface area contributed by atoms with Crippen LogP contribution in [-0.4, -0.2) is 37.2 Å². The van der Waals surface area contributed by atoms with Crippen LogP contribution in [0.1, 0.15) is 387 Å². The van der Waals surface area contributed by atoms with Crippen molar-refractivity contribution in [1.29, 1.82) is 0 Å². The van der Waals surface area contributed by atoms with Crippen molar-refractivity contribution in [2.45, 2.75) is 393 Å². The first-order chi connectivity index (χ1) is 40.5. The number of carbonyl (C=O) groups excluding carboxylic acids is 3. The van der Waals surface area contributed by atoms with Crippen molar-refractivity contribution in [1.82, 2.24) is 0 Å². The lowest BCUT2D eigenvalue weighted by atomic mass is 10.0. The van der Waals surface area contributed by atoms with Gasteiger partial charge in [0.15, 0.2) is 6.10 Å². The van der Waals surface area contributed by atoms with Crippen LogP contribution in [0.5, 0.6) is 0 Å².